The maximum absolute atomic E-state index is 13.7. The molecule has 0 aromatic heterocycles. The number of carbonyl (C=O) groups excluding carboxylic acids is 1. The molecule has 0 N–H and O–H groups in total. The maximum atomic E-state index is 13.7. The van der Waals surface area contributed by atoms with Gasteiger partial charge in [-0.2, -0.15) is 8.42 Å². The lowest BCUT2D eigenvalue weighted by Gasteiger charge is -2.18. The van der Waals surface area contributed by atoms with E-state index in [9.17, 15) is 21.5 Å². The van der Waals surface area contributed by atoms with E-state index in [0.717, 1.165) is 4.90 Å². The summed E-state index contributed by atoms with van der Waals surface area (Å²) in [5, 5.41) is 0. The fourth-order valence-electron chi connectivity index (χ4n) is 2.14. The van der Waals surface area contributed by atoms with Gasteiger partial charge in [-0.05, 0) is 28.1 Å². The third kappa shape index (κ3) is 3.30. The molecule has 2 rings (SSSR count). The van der Waals surface area contributed by atoms with Gasteiger partial charge in [-0.25, -0.2) is 4.39 Å². The van der Waals surface area contributed by atoms with Gasteiger partial charge in [0.2, 0.25) is 5.91 Å². The molecule has 0 radical (unpaired) electrons. The van der Waals surface area contributed by atoms with Crippen LogP contribution in [-0.4, -0.2) is 26.6 Å². The summed E-state index contributed by atoms with van der Waals surface area (Å²) in [4.78, 5) is 12.9. The number of rotatable bonds is 3. The van der Waals surface area contributed by atoms with Crippen LogP contribution in [0.4, 0.5) is 14.0 Å². The Hall–Kier alpha value is -1.02. The molecule has 4 nitrogen and oxygen atoms in total. The second kappa shape index (κ2) is 5.16. The van der Waals surface area contributed by atoms with Crippen LogP contribution in [0.15, 0.2) is 22.7 Å². The predicted molar refractivity (Wildman–Crippen MR) is 69.5 cm³/mol. The van der Waals surface area contributed by atoms with E-state index < -0.39 is 33.6 Å². The lowest BCUT2D eigenvalue weighted by molar-refractivity contribution is -0.117. The highest BCUT2D eigenvalue weighted by Gasteiger charge is 2.35. The topological polar surface area (TPSA) is 54.5 Å². The highest BCUT2D eigenvalue weighted by Crippen LogP contribution is 2.34. The first kappa shape index (κ1) is 14.4. The van der Waals surface area contributed by atoms with Gasteiger partial charge in [0.1, 0.15) is 5.82 Å². The van der Waals surface area contributed by atoms with Gasteiger partial charge in [-0.3, -0.25) is 4.79 Å². The third-order valence-electron chi connectivity index (χ3n) is 2.85. The summed E-state index contributed by atoms with van der Waals surface area (Å²) in [5.74, 6) is -2.39. The summed E-state index contributed by atoms with van der Waals surface area (Å²) in [6, 6.07) is 4.25. The van der Waals surface area contributed by atoms with Crippen molar-refractivity contribution < 1.29 is 21.5 Å². The first-order valence-electron chi connectivity index (χ1n) is 5.44. The standard InChI is InChI=1S/C11H10BrF2NO3S/c12-8-2-1-3-9(13)11(8)15-5-7(4-10(15)16)6-19(14,17)18/h1-3,7H,4-6H2. The fourth-order valence-corrected chi connectivity index (χ4v) is 3.48. The zero-order valence-corrected chi connectivity index (χ0v) is 12.0. The highest BCUT2D eigenvalue weighted by atomic mass is 79.9. The van der Waals surface area contributed by atoms with Crippen molar-refractivity contribution in [3.63, 3.8) is 0 Å². The Balaban J connectivity index is 2.26. The van der Waals surface area contributed by atoms with Gasteiger partial charge in [0.25, 0.3) is 0 Å². The van der Waals surface area contributed by atoms with E-state index in [2.05, 4.69) is 15.9 Å². The zero-order valence-electron chi connectivity index (χ0n) is 9.64. The van der Waals surface area contributed by atoms with E-state index in [1.165, 1.54) is 12.1 Å². The number of para-hydroxylation sites is 1. The molecule has 1 heterocycles. The van der Waals surface area contributed by atoms with E-state index in [4.69, 9.17) is 0 Å². The van der Waals surface area contributed by atoms with Crippen molar-refractivity contribution in [2.24, 2.45) is 5.92 Å². The van der Waals surface area contributed by atoms with Crippen molar-refractivity contribution in [3.05, 3.63) is 28.5 Å². The quantitative estimate of drug-likeness (QED) is 0.783. The lowest BCUT2D eigenvalue weighted by atomic mass is 10.1. The fraction of sp³-hybridized carbons (Fsp3) is 0.364. The SMILES string of the molecule is O=C1CC(CS(=O)(=O)F)CN1c1c(F)cccc1Br. The second-order valence-electron chi connectivity index (χ2n) is 4.35. The summed E-state index contributed by atoms with van der Waals surface area (Å²) in [6.45, 7) is -0.0124. The first-order valence-corrected chi connectivity index (χ1v) is 7.79. The summed E-state index contributed by atoms with van der Waals surface area (Å²) < 4.78 is 47.9. The molecule has 1 amide bonds. The van der Waals surface area contributed by atoms with E-state index in [1.807, 2.05) is 0 Å². The number of anilines is 1. The summed E-state index contributed by atoms with van der Waals surface area (Å²) in [6.07, 6.45) is -0.107. The molecule has 19 heavy (non-hydrogen) atoms. The molecular formula is C11H10BrF2NO3S. The van der Waals surface area contributed by atoms with Crippen LogP contribution < -0.4 is 4.90 Å². The Kier molecular flexibility index (Phi) is 3.91. The number of benzene rings is 1. The number of hydrogen-bond acceptors (Lipinski definition) is 3. The van der Waals surface area contributed by atoms with Gasteiger partial charge in [0.05, 0.1) is 11.4 Å². The lowest BCUT2D eigenvalue weighted by Crippen LogP contribution is -2.26. The Bertz CT molecular complexity index is 600. The third-order valence-corrected chi connectivity index (χ3v) is 4.36. The molecule has 1 aromatic carbocycles. The Morgan fingerprint density at radius 1 is 1.42 bits per heavy atom. The van der Waals surface area contributed by atoms with Crippen molar-refractivity contribution in [2.75, 3.05) is 17.2 Å². The number of amides is 1. The van der Waals surface area contributed by atoms with E-state index in [0.29, 0.717) is 4.47 Å². The van der Waals surface area contributed by atoms with Crippen molar-refractivity contribution >= 4 is 37.7 Å². The molecule has 104 valence electrons. The van der Waals surface area contributed by atoms with Crippen molar-refractivity contribution in [1.82, 2.24) is 0 Å². The van der Waals surface area contributed by atoms with Gasteiger partial charge in [0.15, 0.2) is 0 Å². The van der Waals surface area contributed by atoms with Crippen molar-refractivity contribution in [2.45, 2.75) is 6.42 Å². The van der Waals surface area contributed by atoms with Crippen molar-refractivity contribution in [3.8, 4) is 0 Å². The molecule has 1 aromatic rings. The van der Waals surface area contributed by atoms with Gasteiger partial charge in [0, 0.05) is 23.4 Å². The highest BCUT2D eigenvalue weighted by molar-refractivity contribution is 9.10. The number of halogens is 3. The molecule has 1 aliphatic rings. The largest absolute Gasteiger partial charge is 0.308 e. The van der Waals surface area contributed by atoms with Crippen LogP contribution in [0, 0.1) is 11.7 Å². The predicted octanol–water partition coefficient (Wildman–Crippen LogP) is 2.24. The molecular weight excluding hydrogens is 344 g/mol. The van der Waals surface area contributed by atoms with Gasteiger partial charge in [-0.1, -0.05) is 6.07 Å². The molecule has 1 aliphatic heterocycles. The molecule has 0 spiro atoms. The van der Waals surface area contributed by atoms with Crippen LogP contribution in [0.2, 0.25) is 0 Å². The van der Waals surface area contributed by atoms with Crippen LogP contribution in [0.25, 0.3) is 0 Å². The monoisotopic (exact) mass is 353 g/mol. The Morgan fingerprint density at radius 2 is 2.11 bits per heavy atom. The minimum absolute atomic E-state index is 0.0124. The first-order chi connectivity index (χ1) is 8.78. The average Bonchev–Trinajstić information content (AvgIpc) is 2.56. The second-order valence-corrected chi connectivity index (χ2v) is 6.62. The molecule has 8 heteroatoms. The van der Waals surface area contributed by atoms with E-state index in [-0.39, 0.29) is 18.7 Å². The van der Waals surface area contributed by atoms with Gasteiger partial charge < -0.3 is 4.90 Å². The minimum atomic E-state index is -4.64. The van der Waals surface area contributed by atoms with Crippen LogP contribution in [-0.2, 0) is 15.0 Å². The summed E-state index contributed by atoms with van der Waals surface area (Å²) in [7, 11) is -4.64. The summed E-state index contributed by atoms with van der Waals surface area (Å²) >= 11 is 3.14. The Labute approximate surface area is 117 Å². The molecule has 1 unspecified atom stereocenters. The molecule has 0 aliphatic carbocycles. The Morgan fingerprint density at radius 3 is 2.68 bits per heavy atom. The van der Waals surface area contributed by atoms with Crippen LogP contribution in [0.5, 0.6) is 0 Å². The average molecular weight is 354 g/mol. The number of nitrogens with zero attached hydrogens (tertiary/aromatic N) is 1. The van der Waals surface area contributed by atoms with E-state index in [1.54, 1.807) is 6.07 Å². The summed E-state index contributed by atoms with van der Waals surface area (Å²) in [5.41, 5.74) is 0.0613. The molecule has 1 saturated heterocycles. The molecule has 1 fully saturated rings. The maximum Gasteiger partial charge on any atom is 0.302 e. The molecule has 1 atom stereocenters. The normalized spacial score (nSPS) is 20.1. The zero-order chi connectivity index (χ0) is 14.2. The van der Waals surface area contributed by atoms with Crippen LogP contribution >= 0.6 is 15.9 Å². The molecule has 0 saturated carbocycles. The minimum Gasteiger partial charge on any atom is -0.308 e. The van der Waals surface area contributed by atoms with Gasteiger partial charge >= 0.3 is 10.2 Å². The van der Waals surface area contributed by atoms with Crippen LogP contribution in [0.3, 0.4) is 0 Å². The van der Waals surface area contributed by atoms with Crippen LogP contribution in [0.1, 0.15) is 6.42 Å². The van der Waals surface area contributed by atoms with Gasteiger partial charge in [-0.15, -0.1) is 3.89 Å². The number of hydrogen-bond donors (Lipinski definition) is 0. The van der Waals surface area contributed by atoms with Crippen molar-refractivity contribution in [1.29, 1.82) is 0 Å². The van der Waals surface area contributed by atoms with E-state index >= 15 is 0 Å². The molecule has 0 bridgehead atoms. The smallest absolute Gasteiger partial charge is 0.302 e. The number of carbonyl (C=O) groups is 1.